The minimum atomic E-state index is -0.443. The SMILES string of the molecule is Cc1c(C(=O)N(C)C2CCCNCC2)cccc1[N+](=O)[O-]. The van der Waals surface area contributed by atoms with Gasteiger partial charge in [0.2, 0.25) is 0 Å². The molecule has 0 bridgehead atoms. The van der Waals surface area contributed by atoms with Gasteiger partial charge in [0.1, 0.15) is 0 Å². The second-order valence-corrected chi connectivity index (χ2v) is 5.46. The Morgan fingerprint density at radius 3 is 2.86 bits per heavy atom. The number of rotatable bonds is 3. The fourth-order valence-electron chi connectivity index (χ4n) is 2.80. The lowest BCUT2D eigenvalue weighted by Gasteiger charge is -2.27. The van der Waals surface area contributed by atoms with Gasteiger partial charge in [0.15, 0.2) is 0 Å². The van der Waals surface area contributed by atoms with Crippen molar-refractivity contribution in [2.75, 3.05) is 20.1 Å². The molecular formula is C15H21N3O3. The van der Waals surface area contributed by atoms with Crippen LogP contribution in [0.15, 0.2) is 18.2 Å². The molecule has 1 atom stereocenters. The van der Waals surface area contributed by atoms with Crippen LogP contribution in [0.25, 0.3) is 0 Å². The molecule has 1 fully saturated rings. The summed E-state index contributed by atoms with van der Waals surface area (Å²) in [6, 6.07) is 4.85. The van der Waals surface area contributed by atoms with Gasteiger partial charge in [-0.25, -0.2) is 0 Å². The Labute approximate surface area is 124 Å². The smallest absolute Gasteiger partial charge is 0.273 e. The zero-order chi connectivity index (χ0) is 15.4. The van der Waals surface area contributed by atoms with Gasteiger partial charge in [-0.05, 0) is 45.3 Å². The Morgan fingerprint density at radius 1 is 1.38 bits per heavy atom. The molecule has 1 saturated heterocycles. The highest BCUT2D eigenvalue weighted by Crippen LogP contribution is 2.23. The summed E-state index contributed by atoms with van der Waals surface area (Å²) in [4.78, 5) is 24.9. The Kier molecular flexibility index (Phi) is 4.90. The highest BCUT2D eigenvalue weighted by atomic mass is 16.6. The van der Waals surface area contributed by atoms with Crippen molar-refractivity contribution in [1.29, 1.82) is 0 Å². The Morgan fingerprint density at radius 2 is 2.14 bits per heavy atom. The number of benzene rings is 1. The molecule has 0 radical (unpaired) electrons. The van der Waals surface area contributed by atoms with Gasteiger partial charge in [0, 0.05) is 30.3 Å². The first kappa shape index (κ1) is 15.4. The van der Waals surface area contributed by atoms with Crippen LogP contribution in [0.1, 0.15) is 35.2 Å². The lowest BCUT2D eigenvalue weighted by molar-refractivity contribution is -0.385. The van der Waals surface area contributed by atoms with Crippen LogP contribution >= 0.6 is 0 Å². The minimum Gasteiger partial charge on any atom is -0.339 e. The average Bonchev–Trinajstić information content (AvgIpc) is 2.74. The normalized spacial score (nSPS) is 18.9. The maximum absolute atomic E-state index is 12.6. The van der Waals surface area contributed by atoms with Crippen molar-refractivity contribution in [1.82, 2.24) is 10.2 Å². The first-order valence-electron chi connectivity index (χ1n) is 7.24. The van der Waals surface area contributed by atoms with E-state index in [1.54, 1.807) is 31.0 Å². The van der Waals surface area contributed by atoms with Crippen LogP contribution in [0.4, 0.5) is 5.69 Å². The second-order valence-electron chi connectivity index (χ2n) is 5.46. The van der Waals surface area contributed by atoms with Gasteiger partial charge in [0.25, 0.3) is 11.6 Å². The number of hydrogen-bond donors (Lipinski definition) is 1. The van der Waals surface area contributed by atoms with E-state index < -0.39 is 4.92 Å². The molecule has 1 amide bonds. The van der Waals surface area contributed by atoms with E-state index in [0.717, 1.165) is 32.4 Å². The molecule has 6 nitrogen and oxygen atoms in total. The number of nitro groups is 1. The summed E-state index contributed by atoms with van der Waals surface area (Å²) < 4.78 is 0. The third-order valence-electron chi connectivity index (χ3n) is 4.15. The van der Waals surface area contributed by atoms with Crippen molar-refractivity contribution in [2.45, 2.75) is 32.2 Å². The molecule has 114 valence electrons. The van der Waals surface area contributed by atoms with Crippen molar-refractivity contribution >= 4 is 11.6 Å². The lowest BCUT2D eigenvalue weighted by atomic mass is 10.0. The summed E-state index contributed by atoms with van der Waals surface area (Å²) in [5.74, 6) is -0.136. The summed E-state index contributed by atoms with van der Waals surface area (Å²) in [7, 11) is 1.79. The van der Waals surface area contributed by atoms with Crippen LogP contribution in [0.2, 0.25) is 0 Å². The van der Waals surface area contributed by atoms with E-state index in [9.17, 15) is 14.9 Å². The van der Waals surface area contributed by atoms with Gasteiger partial charge in [-0.3, -0.25) is 14.9 Å². The third kappa shape index (κ3) is 3.39. The number of nitrogens with one attached hydrogen (secondary N) is 1. The van der Waals surface area contributed by atoms with E-state index in [4.69, 9.17) is 0 Å². The standard InChI is InChI=1S/C15H21N3O3/c1-11-13(6-3-7-14(11)18(20)21)15(19)17(2)12-5-4-9-16-10-8-12/h3,6-7,12,16H,4-5,8-10H2,1-2H3. The van der Waals surface area contributed by atoms with E-state index in [1.807, 2.05) is 0 Å². The van der Waals surface area contributed by atoms with E-state index in [0.29, 0.717) is 11.1 Å². The van der Waals surface area contributed by atoms with Crippen LogP contribution in [0.3, 0.4) is 0 Å². The highest BCUT2D eigenvalue weighted by Gasteiger charge is 2.25. The van der Waals surface area contributed by atoms with Gasteiger partial charge in [-0.2, -0.15) is 0 Å². The average molecular weight is 291 g/mol. The first-order valence-corrected chi connectivity index (χ1v) is 7.24. The topological polar surface area (TPSA) is 75.5 Å². The molecule has 1 aromatic rings. The van der Waals surface area contributed by atoms with E-state index >= 15 is 0 Å². The molecule has 1 N–H and O–H groups in total. The summed E-state index contributed by atoms with van der Waals surface area (Å²) in [5.41, 5.74) is 0.854. The second kappa shape index (κ2) is 6.67. The van der Waals surface area contributed by atoms with Crippen LogP contribution in [0, 0.1) is 17.0 Å². The molecule has 0 aromatic heterocycles. The summed E-state index contributed by atoms with van der Waals surface area (Å²) >= 11 is 0. The number of hydrogen-bond acceptors (Lipinski definition) is 4. The summed E-state index contributed by atoms with van der Waals surface area (Å²) in [6.45, 7) is 3.51. The molecule has 2 rings (SSSR count). The van der Waals surface area contributed by atoms with Crippen molar-refractivity contribution in [2.24, 2.45) is 0 Å². The van der Waals surface area contributed by atoms with E-state index in [1.165, 1.54) is 6.07 Å². The summed E-state index contributed by atoms with van der Waals surface area (Å²) in [5, 5.41) is 14.3. The molecular weight excluding hydrogens is 270 g/mol. The molecule has 1 aliphatic rings. The predicted molar refractivity (Wildman–Crippen MR) is 80.4 cm³/mol. The summed E-state index contributed by atoms with van der Waals surface area (Å²) in [6.07, 6.45) is 2.91. The van der Waals surface area contributed by atoms with Crippen LogP contribution < -0.4 is 5.32 Å². The number of nitrogens with zero attached hydrogens (tertiary/aromatic N) is 2. The van der Waals surface area contributed by atoms with Crippen molar-refractivity contribution in [3.63, 3.8) is 0 Å². The van der Waals surface area contributed by atoms with Crippen molar-refractivity contribution in [3.8, 4) is 0 Å². The van der Waals surface area contributed by atoms with E-state index in [-0.39, 0.29) is 17.6 Å². The molecule has 0 aliphatic carbocycles. The van der Waals surface area contributed by atoms with Crippen LogP contribution in [-0.2, 0) is 0 Å². The predicted octanol–water partition coefficient (Wildman–Crippen LogP) is 2.12. The van der Waals surface area contributed by atoms with Crippen molar-refractivity contribution in [3.05, 3.63) is 39.4 Å². The number of carbonyl (C=O) groups excluding carboxylic acids is 1. The Bertz CT molecular complexity index is 537. The molecule has 21 heavy (non-hydrogen) atoms. The third-order valence-corrected chi connectivity index (χ3v) is 4.15. The molecule has 1 aliphatic heterocycles. The first-order chi connectivity index (χ1) is 10.0. The van der Waals surface area contributed by atoms with Gasteiger partial charge >= 0.3 is 0 Å². The zero-order valence-electron chi connectivity index (χ0n) is 12.5. The number of nitro benzene ring substituents is 1. The minimum absolute atomic E-state index is 0.00298. The molecule has 0 spiro atoms. The van der Waals surface area contributed by atoms with Crippen LogP contribution in [0.5, 0.6) is 0 Å². The molecule has 1 heterocycles. The van der Waals surface area contributed by atoms with Crippen LogP contribution in [-0.4, -0.2) is 41.9 Å². The maximum Gasteiger partial charge on any atom is 0.273 e. The molecule has 1 unspecified atom stereocenters. The highest BCUT2D eigenvalue weighted by molar-refractivity contribution is 5.96. The van der Waals surface area contributed by atoms with Gasteiger partial charge < -0.3 is 10.2 Å². The Balaban J connectivity index is 2.22. The fourth-order valence-corrected chi connectivity index (χ4v) is 2.80. The lowest BCUT2D eigenvalue weighted by Crippen LogP contribution is -2.38. The van der Waals surface area contributed by atoms with Gasteiger partial charge in [0.05, 0.1) is 4.92 Å². The quantitative estimate of drug-likeness (QED) is 0.683. The monoisotopic (exact) mass is 291 g/mol. The van der Waals surface area contributed by atoms with Gasteiger partial charge in [-0.1, -0.05) is 6.07 Å². The zero-order valence-corrected chi connectivity index (χ0v) is 12.5. The number of amides is 1. The van der Waals surface area contributed by atoms with E-state index in [2.05, 4.69) is 5.32 Å². The molecule has 1 aromatic carbocycles. The molecule has 0 saturated carbocycles. The Hall–Kier alpha value is -1.95. The number of carbonyl (C=O) groups is 1. The fraction of sp³-hybridized carbons (Fsp3) is 0.533. The maximum atomic E-state index is 12.6. The largest absolute Gasteiger partial charge is 0.339 e. The van der Waals surface area contributed by atoms with Gasteiger partial charge in [-0.15, -0.1) is 0 Å². The van der Waals surface area contributed by atoms with Crippen molar-refractivity contribution < 1.29 is 9.72 Å². The molecule has 6 heteroatoms.